The van der Waals surface area contributed by atoms with E-state index in [0.717, 1.165) is 17.3 Å². The van der Waals surface area contributed by atoms with Crippen molar-refractivity contribution in [2.24, 2.45) is 0 Å². The molecule has 1 N–H and O–H groups in total. The number of halogens is 1. The van der Waals surface area contributed by atoms with E-state index >= 15 is 0 Å². The molecule has 30 heavy (non-hydrogen) atoms. The van der Waals surface area contributed by atoms with Gasteiger partial charge in [0.15, 0.2) is 10.9 Å². The topological polar surface area (TPSA) is 93.9 Å². The zero-order valence-electron chi connectivity index (χ0n) is 16.5. The van der Waals surface area contributed by atoms with Crippen molar-refractivity contribution < 1.29 is 17.6 Å². The molecule has 0 aliphatic heterocycles. The van der Waals surface area contributed by atoms with Crippen LogP contribution in [0.5, 0.6) is 0 Å². The highest BCUT2D eigenvalue weighted by Crippen LogP contribution is 2.20. The zero-order chi connectivity index (χ0) is 21.7. The predicted octanol–water partition coefficient (Wildman–Crippen LogP) is 3.20. The van der Waals surface area contributed by atoms with Gasteiger partial charge in [0.25, 0.3) is 0 Å². The van der Waals surface area contributed by atoms with Crippen molar-refractivity contribution in [3.8, 4) is 0 Å². The first-order valence-electron chi connectivity index (χ1n) is 9.20. The Morgan fingerprint density at radius 3 is 2.50 bits per heavy atom. The van der Waals surface area contributed by atoms with Crippen molar-refractivity contribution in [3.63, 3.8) is 0 Å². The summed E-state index contributed by atoms with van der Waals surface area (Å²) in [5.74, 6) is -0.501. The molecule has 7 nitrogen and oxygen atoms in total. The van der Waals surface area contributed by atoms with Crippen LogP contribution in [-0.4, -0.2) is 34.7 Å². The average Bonchev–Trinajstić information content (AvgIpc) is 3.13. The number of aryl methyl sites for hydroxylation is 1. The Kier molecular flexibility index (Phi) is 7.01. The number of Topliss-reactive ketones (excluding diaryl/α,β-unsaturated/α-hetero) is 1. The standard InChI is InChI=1S/C20H21FN4O3S2/c1-3-25-19(12-22-30(27,28)15-10-8-14(2)9-11-15)23-24-20(25)29-13-18(26)16-6-4-5-7-17(16)21/h4-11,22H,3,12-13H2,1-2H3. The molecule has 0 amide bonds. The Bertz CT molecular complexity index is 1150. The maximum absolute atomic E-state index is 13.8. The number of rotatable bonds is 9. The van der Waals surface area contributed by atoms with Crippen LogP contribution in [0, 0.1) is 12.7 Å². The number of nitrogens with zero attached hydrogens (tertiary/aromatic N) is 3. The highest BCUT2D eigenvalue weighted by molar-refractivity contribution is 7.99. The van der Waals surface area contributed by atoms with Gasteiger partial charge in [-0.2, -0.15) is 0 Å². The molecule has 10 heteroatoms. The van der Waals surface area contributed by atoms with Gasteiger partial charge in [0, 0.05) is 6.54 Å². The fourth-order valence-electron chi connectivity index (χ4n) is 2.73. The van der Waals surface area contributed by atoms with E-state index < -0.39 is 15.8 Å². The van der Waals surface area contributed by atoms with Gasteiger partial charge >= 0.3 is 0 Å². The highest BCUT2D eigenvalue weighted by Gasteiger charge is 2.18. The lowest BCUT2D eigenvalue weighted by molar-refractivity contribution is 0.101. The van der Waals surface area contributed by atoms with Crippen LogP contribution in [0.15, 0.2) is 58.6 Å². The summed E-state index contributed by atoms with van der Waals surface area (Å²) < 4.78 is 42.9. The number of carbonyl (C=O) groups is 1. The maximum Gasteiger partial charge on any atom is 0.240 e. The van der Waals surface area contributed by atoms with E-state index in [-0.39, 0.29) is 28.5 Å². The van der Waals surface area contributed by atoms with Crippen LogP contribution in [-0.2, 0) is 23.1 Å². The summed E-state index contributed by atoms with van der Waals surface area (Å²) in [6, 6.07) is 12.3. The second-order valence-corrected chi connectivity index (χ2v) is 9.18. The molecule has 0 aliphatic rings. The lowest BCUT2D eigenvalue weighted by Crippen LogP contribution is -2.25. The van der Waals surface area contributed by atoms with Crippen LogP contribution in [0.4, 0.5) is 4.39 Å². The summed E-state index contributed by atoms with van der Waals surface area (Å²) >= 11 is 1.13. The number of benzene rings is 2. The van der Waals surface area contributed by atoms with Crippen LogP contribution in [0.1, 0.15) is 28.7 Å². The number of hydrogen-bond acceptors (Lipinski definition) is 6. The Balaban J connectivity index is 1.67. The van der Waals surface area contributed by atoms with Crippen molar-refractivity contribution in [3.05, 3.63) is 71.3 Å². The van der Waals surface area contributed by atoms with Crippen LogP contribution in [0.25, 0.3) is 0 Å². The number of nitrogens with one attached hydrogen (secondary N) is 1. The fraction of sp³-hybridized carbons (Fsp3) is 0.250. The third-order valence-electron chi connectivity index (χ3n) is 4.37. The van der Waals surface area contributed by atoms with Gasteiger partial charge in [-0.1, -0.05) is 41.6 Å². The number of ketones is 1. The van der Waals surface area contributed by atoms with E-state index in [4.69, 9.17) is 0 Å². The molecule has 0 saturated heterocycles. The van der Waals surface area contributed by atoms with E-state index in [0.29, 0.717) is 17.5 Å². The van der Waals surface area contributed by atoms with Crippen molar-refractivity contribution in [2.75, 3.05) is 5.75 Å². The van der Waals surface area contributed by atoms with E-state index in [2.05, 4.69) is 14.9 Å². The third kappa shape index (κ3) is 5.13. The molecule has 0 unspecified atom stereocenters. The van der Waals surface area contributed by atoms with Gasteiger partial charge in [-0.15, -0.1) is 10.2 Å². The summed E-state index contributed by atoms with van der Waals surface area (Å²) in [5.41, 5.74) is 0.991. The molecule has 1 heterocycles. The van der Waals surface area contributed by atoms with Gasteiger partial charge in [-0.05, 0) is 38.1 Å². The lowest BCUT2D eigenvalue weighted by Gasteiger charge is -2.09. The Hall–Kier alpha value is -2.56. The summed E-state index contributed by atoms with van der Waals surface area (Å²) in [5, 5.41) is 8.57. The maximum atomic E-state index is 13.8. The van der Waals surface area contributed by atoms with Crippen molar-refractivity contribution in [1.82, 2.24) is 19.5 Å². The Morgan fingerprint density at radius 2 is 1.83 bits per heavy atom. The number of aromatic nitrogens is 3. The van der Waals surface area contributed by atoms with Crippen molar-refractivity contribution in [1.29, 1.82) is 0 Å². The van der Waals surface area contributed by atoms with E-state index in [1.165, 1.54) is 30.3 Å². The van der Waals surface area contributed by atoms with Gasteiger partial charge < -0.3 is 4.57 Å². The molecule has 0 atom stereocenters. The van der Waals surface area contributed by atoms with Crippen LogP contribution < -0.4 is 4.72 Å². The lowest BCUT2D eigenvalue weighted by atomic mass is 10.1. The molecule has 1 aromatic heterocycles. The number of carbonyl (C=O) groups excluding carboxylic acids is 1. The largest absolute Gasteiger partial charge is 0.305 e. The minimum absolute atomic E-state index is 0.00579. The fourth-order valence-corrected chi connectivity index (χ4v) is 4.61. The second kappa shape index (κ2) is 9.50. The number of sulfonamides is 1. The van der Waals surface area contributed by atoms with Gasteiger partial charge in [0.1, 0.15) is 11.6 Å². The Labute approximate surface area is 178 Å². The van der Waals surface area contributed by atoms with E-state index in [1.54, 1.807) is 22.8 Å². The van der Waals surface area contributed by atoms with Crippen molar-refractivity contribution >= 4 is 27.6 Å². The smallest absolute Gasteiger partial charge is 0.240 e. The summed E-state index contributed by atoms with van der Waals surface area (Å²) in [4.78, 5) is 12.4. The van der Waals surface area contributed by atoms with Gasteiger partial charge in [0.2, 0.25) is 10.0 Å². The minimum Gasteiger partial charge on any atom is -0.305 e. The van der Waals surface area contributed by atoms with Crippen molar-refractivity contribution in [2.45, 2.75) is 37.0 Å². The van der Waals surface area contributed by atoms with Crippen LogP contribution in [0.3, 0.4) is 0 Å². The average molecular weight is 449 g/mol. The quantitative estimate of drug-likeness (QED) is 0.399. The monoisotopic (exact) mass is 448 g/mol. The molecule has 0 radical (unpaired) electrons. The molecule has 0 spiro atoms. The van der Waals surface area contributed by atoms with Crippen LogP contribution >= 0.6 is 11.8 Å². The number of hydrogen-bond donors (Lipinski definition) is 1. The first kappa shape index (κ1) is 22.1. The first-order chi connectivity index (χ1) is 14.3. The molecule has 0 bridgehead atoms. The van der Waals surface area contributed by atoms with Crippen LogP contribution in [0.2, 0.25) is 0 Å². The molecular weight excluding hydrogens is 427 g/mol. The molecule has 2 aromatic carbocycles. The van der Waals surface area contributed by atoms with Gasteiger partial charge in [-0.3, -0.25) is 4.79 Å². The van der Waals surface area contributed by atoms with E-state index in [9.17, 15) is 17.6 Å². The minimum atomic E-state index is -3.69. The van der Waals surface area contributed by atoms with Gasteiger partial charge in [-0.25, -0.2) is 17.5 Å². The molecule has 3 rings (SSSR count). The van der Waals surface area contributed by atoms with E-state index in [1.807, 2.05) is 13.8 Å². The molecule has 158 valence electrons. The summed E-state index contributed by atoms with van der Waals surface area (Å²) in [7, 11) is -3.69. The molecule has 0 fully saturated rings. The first-order valence-corrected chi connectivity index (χ1v) is 11.7. The normalized spacial score (nSPS) is 11.6. The SMILES string of the molecule is CCn1c(CNS(=O)(=O)c2ccc(C)cc2)nnc1SCC(=O)c1ccccc1F. The summed E-state index contributed by atoms with van der Waals surface area (Å²) in [6.45, 7) is 4.19. The molecule has 0 saturated carbocycles. The third-order valence-corrected chi connectivity index (χ3v) is 6.75. The summed E-state index contributed by atoms with van der Waals surface area (Å²) in [6.07, 6.45) is 0. The zero-order valence-corrected chi connectivity index (χ0v) is 18.1. The highest BCUT2D eigenvalue weighted by atomic mass is 32.2. The molecule has 3 aromatic rings. The second-order valence-electron chi connectivity index (χ2n) is 6.47. The Morgan fingerprint density at radius 1 is 1.13 bits per heavy atom. The molecule has 0 aliphatic carbocycles. The molecular formula is C20H21FN4O3S2. The number of thioether (sulfide) groups is 1. The van der Waals surface area contributed by atoms with Gasteiger partial charge in [0.05, 0.1) is 22.8 Å². The predicted molar refractivity (Wildman–Crippen MR) is 112 cm³/mol.